The van der Waals surface area contributed by atoms with Crippen molar-refractivity contribution in [3.8, 4) is 11.3 Å². The number of aromatic nitrogens is 1. The van der Waals surface area contributed by atoms with E-state index in [1.807, 2.05) is 23.1 Å². The number of hydrogen-bond donors (Lipinski definition) is 0. The monoisotopic (exact) mass is 378 g/mol. The largest absolute Gasteiger partial charge is 0.472 e. The van der Waals surface area contributed by atoms with Crippen molar-refractivity contribution in [3.05, 3.63) is 76.7 Å². The van der Waals surface area contributed by atoms with Crippen LogP contribution in [0, 0.1) is 10.1 Å². The maximum absolute atomic E-state index is 12.4. The van der Waals surface area contributed by atoms with Gasteiger partial charge < -0.3 is 14.2 Å². The average Bonchev–Trinajstić information content (AvgIpc) is 3.28. The van der Waals surface area contributed by atoms with Gasteiger partial charge in [0.25, 0.3) is 11.6 Å². The van der Waals surface area contributed by atoms with Gasteiger partial charge in [-0.3, -0.25) is 14.9 Å². The third-order valence-corrected chi connectivity index (χ3v) is 4.76. The highest BCUT2D eigenvalue weighted by Crippen LogP contribution is 2.30. The normalized spacial score (nSPS) is 14.1. The number of furan rings is 1. The van der Waals surface area contributed by atoms with E-state index in [0.29, 0.717) is 48.8 Å². The summed E-state index contributed by atoms with van der Waals surface area (Å²) < 4.78 is 4.98. The molecule has 0 spiro atoms. The number of carbonyl (C=O) groups is 1. The van der Waals surface area contributed by atoms with Crippen LogP contribution in [-0.4, -0.2) is 46.9 Å². The third kappa shape index (κ3) is 3.44. The van der Waals surface area contributed by atoms with Gasteiger partial charge in [0.2, 0.25) is 0 Å². The summed E-state index contributed by atoms with van der Waals surface area (Å²) in [5.74, 6) is 0.606. The highest BCUT2D eigenvalue weighted by atomic mass is 16.6. The summed E-state index contributed by atoms with van der Waals surface area (Å²) in [5, 5.41) is 11.4. The molecule has 0 unspecified atom stereocenters. The number of carbonyl (C=O) groups excluding carboxylic acids is 1. The first-order valence-corrected chi connectivity index (χ1v) is 8.91. The van der Waals surface area contributed by atoms with Gasteiger partial charge in [0.05, 0.1) is 16.7 Å². The van der Waals surface area contributed by atoms with Crippen molar-refractivity contribution in [1.29, 1.82) is 0 Å². The van der Waals surface area contributed by atoms with Crippen molar-refractivity contribution < 1.29 is 14.1 Å². The number of rotatable bonds is 4. The minimum absolute atomic E-state index is 0.0243. The zero-order valence-electron chi connectivity index (χ0n) is 15.0. The standard InChI is InChI=1S/C20H18N4O4/c25-20(16-8-13-28-14-16)23-11-9-22(10-12-23)18-7-6-17(24(26)27)19(21-18)15-4-2-1-3-5-15/h1-8,13-14H,9-12H2. The van der Waals surface area contributed by atoms with Crippen LogP contribution in [0.4, 0.5) is 11.5 Å². The molecule has 8 nitrogen and oxygen atoms in total. The lowest BCUT2D eigenvalue weighted by Gasteiger charge is -2.35. The first-order chi connectivity index (χ1) is 13.6. The summed E-state index contributed by atoms with van der Waals surface area (Å²) in [4.78, 5) is 31.8. The molecule has 0 saturated carbocycles. The SMILES string of the molecule is O=C(c1ccoc1)N1CCN(c2ccc([N+](=O)[O-])c(-c3ccccc3)n2)CC1. The molecule has 4 rings (SSSR count). The van der Waals surface area contributed by atoms with E-state index in [2.05, 4.69) is 4.98 Å². The van der Waals surface area contributed by atoms with Crippen LogP contribution in [0.15, 0.2) is 65.5 Å². The lowest BCUT2D eigenvalue weighted by Crippen LogP contribution is -2.49. The lowest BCUT2D eigenvalue weighted by molar-refractivity contribution is -0.384. The van der Waals surface area contributed by atoms with Crippen molar-refractivity contribution in [3.63, 3.8) is 0 Å². The van der Waals surface area contributed by atoms with E-state index in [-0.39, 0.29) is 11.6 Å². The van der Waals surface area contributed by atoms with Crippen LogP contribution in [0.3, 0.4) is 0 Å². The Hall–Kier alpha value is -3.68. The van der Waals surface area contributed by atoms with Gasteiger partial charge in [-0.25, -0.2) is 4.98 Å². The zero-order chi connectivity index (χ0) is 19.5. The molecule has 1 amide bonds. The molecule has 3 heterocycles. The molecular weight excluding hydrogens is 360 g/mol. The Balaban J connectivity index is 1.54. The molecule has 1 aliphatic rings. The number of hydrogen-bond acceptors (Lipinski definition) is 6. The minimum Gasteiger partial charge on any atom is -0.472 e. The van der Waals surface area contributed by atoms with E-state index in [1.165, 1.54) is 18.6 Å². The maximum Gasteiger partial charge on any atom is 0.295 e. The van der Waals surface area contributed by atoms with E-state index in [0.717, 1.165) is 0 Å². The highest BCUT2D eigenvalue weighted by Gasteiger charge is 2.25. The predicted octanol–water partition coefficient (Wildman–Crippen LogP) is 3.21. The molecule has 1 saturated heterocycles. The molecule has 142 valence electrons. The summed E-state index contributed by atoms with van der Waals surface area (Å²) in [6.45, 7) is 2.29. The van der Waals surface area contributed by atoms with Crippen LogP contribution in [0.5, 0.6) is 0 Å². The summed E-state index contributed by atoms with van der Waals surface area (Å²) in [5.41, 5.74) is 1.56. The van der Waals surface area contributed by atoms with Gasteiger partial charge in [-0.15, -0.1) is 0 Å². The van der Waals surface area contributed by atoms with Crippen molar-refractivity contribution in [2.45, 2.75) is 0 Å². The van der Waals surface area contributed by atoms with Gasteiger partial charge in [0.15, 0.2) is 5.69 Å². The molecule has 2 aromatic heterocycles. The molecule has 1 fully saturated rings. The van der Waals surface area contributed by atoms with Crippen molar-refractivity contribution in [2.75, 3.05) is 31.1 Å². The van der Waals surface area contributed by atoms with E-state index < -0.39 is 4.92 Å². The Kier molecular flexibility index (Phi) is 4.76. The fourth-order valence-corrected chi connectivity index (χ4v) is 3.28. The number of benzene rings is 1. The molecule has 0 atom stereocenters. The number of anilines is 1. The van der Waals surface area contributed by atoms with Gasteiger partial charge in [-0.05, 0) is 12.1 Å². The Bertz CT molecular complexity index is 981. The summed E-state index contributed by atoms with van der Waals surface area (Å²) in [7, 11) is 0. The van der Waals surface area contributed by atoms with Crippen molar-refractivity contribution in [2.24, 2.45) is 0 Å². The molecule has 28 heavy (non-hydrogen) atoms. The second-order valence-corrected chi connectivity index (χ2v) is 6.45. The Labute approximate surface area is 161 Å². The molecule has 1 aliphatic heterocycles. The van der Waals surface area contributed by atoms with E-state index >= 15 is 0 Å². The molecule has 0 N–H and O–H groups in total. The van der Waals surface area contributed by atoms with Crippen LogP contribution >= 0.6 is 0 Å². The van der Waals surface area contributed by atoms with Gasteiger partial charge in [-0.1, -0.05) is 30.3 Å². The minimum atomic E-state index is -0.416. The number of pyridine rings is 1. The molecule has 3 aromatic rings. The van der Waals surface area contributed by atoms with Gasteiger partial charge in [0.1, 0.15) is 12.1 Å². The maximum atomic E-state index is 12.4. The van der Waals surface area contributed by atoms with Crippen LogP contribution in [0.1, 0.15) is 10.4 Å². The van der Waals surface area contributed by atoms with Gasteiger partial charge in [0, 0.05) is 37.8 Å². The molecule has 1 aromatic carbocycles. The number of nitrogens with zero attached hydrogens (tertiary/aromatic N) is 4. The van der Waals surface area contributed by atoms with E-state index in [9.17, 15) is 14.9 Å². The predicted molar refractivity (Wildman–Crippen MR) is 103 cm³/mol. The van der Waals surface area contributed by atoms with E-state index in [1.54, 1.807) is 29.2 Å². The van der Waals surface area contributed by atoms with Crippen LogP contribution in [0.2, 0.25) is 0 Å². The van der Waals surface area contributed by atoms with Gasteiger partial charge >= 0.3 is 0 Å². The topological polar surface area (TPSA) is 92.7 Å². The molecule has 0 aliphatic carbocycles. The molecule has 0 bridgehead atoms. The molecule has 0 radical (unpaired) electrons. The second kappa shape index (κ2) is 7.51. The molecular formula is C20H18N4O4. The van der Waals surface area contributed by atoms with Crippen molar-refractivity contribution in [1.82, 2.24) is 9.88 Å². The van der Waals surface area contributed by atoms with Crippen LogP contribution in [-0.2, 0) is 0 Å². The smallest absolute Gasteiger partial charge is 0.295 e. The van der Waals surface area contributed by atoms with Crippen LogP contribution < -0.4 is 4.90 Å². The lowest BCUT2D eigenvalue weighted by atomic mass is 10.1. The fourth-order valence-electron chi connectivity index (χ4n) is 3.28. The number of amides is 1. The number of piperazine rings is 1. The summed E-state index contributed by atoms with van der Waals surface area (Å²) >= 11 is 0. The highest BCUT2D eigenvalue weighted by molar-refractivity contribution is 5.94. The Morgan fingerprint density at radius 3 is 2.43 bits per heavy atom. The quantitative estimate of drug-likeness (QED) is 0.511. The fraction of sp³-hybridized carbons (Fsp3) is 0.200. The van der Waals surface area contributed by atoms with E-state index in [4.69, 9.17) is 4.42 Å². The molecule has 8 heteroatoms. The summed E-state index contributed by atoms with van der Waals surface area (Å²) in [6.07, 6.45) is 2.92. The first kappa shape index (κ1) is 17.7. The van der Waals surface area contributed by atoms with Crippen LogP contribution in [0.25, 0.3) is 11.3 Å². The Morgan fingerprint density at radius 1 is 1.04 bits per heavy atom. The second-order valence-electron chi connectivity index (χ2n) is 6.45. The van der Waals surface area contributed by atoms with Crippen molar-refractivity contribution >= 4 is 17.4 Å². The first-order valence-electron chi connectivity index (χ1n) is 8.91. The summed E-state index contributed by atoms with van der Waals surface area (Å²) in [6, 6.07) is 13.9. The van der Waals surface area contributed by atoms with Gasteiger partial charge in [-0.2, -0.15) is 0 Å². The zero-order valence-corrected chi connectivity index (χ0v) is 15.0. The number of nitro groups is 1. The Morgan fingerprint density at radius 2 is 1.79 bits per heavy atom. The third-order valence-electron chi connectivity index (χ3n) is 4.76. The average molecular weight is 378 g/mol.